The molecule has 5 aliphatic rings. The first-order valence-corrected chi connectivity index (χ1v) is 20.5. The molecule has 12 nitrogen and oxygen atoms in total. The van der Waals surface area contributed by atoms with Crippen molar-refractivity contribution in [3.8, 4) is 6.07 Å². The molecular weight excluding hydrogens is 717 g/mol. The first-order valence-electron chi connectivity index (χ1n) is 20.5. The summed E-state index contributed by atoms with van der Waals surface area (Å²) in [5, 5.41) is 16.3. The van der Waals surface area contributed by atoms with Gasteiger partial charge in [-0.3, -0.25) is 34.3 Å². The summed E-state index contributed by atoms with van der Waals surface area (Å²) in [5.74, 6) is -0.758. The van der Waals surface area contributed by atoms with Crippen molar-refractivity contribution in [3.05, 3.63) is 93.2 Å². The number of aromatic amines is 1. The number of amides is 3. The van der Waals surface area contributed by atoms with Crippen LogP contribution in [-0.2, 0) is 28.0 Å². The molecule has 1 atom stereocenters. The fourth-order valence-electron chi connectivity index (χ4n) is 10.0. The van der Waals surface area contributed by atoms with Crippen LogP contribution in [0.2, 0.25) is 0 Å². The van der Waals surface area contributed by atoms with Gasteiger partial charge in [0.1, 0.15) is 6.04 Å². The molecule has 3 amide bonds. The molecule has 1 aromatic heterocycles. The van der Waals surface area contributed by atoms with Gasteiger partial charge in [-0.25, -0.2) is 0 Å². The Balaban J connectivity index is 0.781. The van der Waals surface area contributed by atoms with Crippen molar-refractivity contribution in [2.24, 2.45) is 0 Å². The van der Waals surface area contributed by atoms with Gasteiger partial charge in [-0.1, -0.05) is 26.8 Å². The molecule has 1 aliphatic carbocycles. The van der Waals surface area contributed by atoms with E-state index in [1.165, 1.54) is 11.3 Å². The van der Waals surface area contributed by atoms with Crippen molar-refractivity contribution in [2.75, 3.05) is 62.6 Å². The van der Waals surface area contributed by atoms with E-state index in [-0.39, 0.29) is 29.9 Å². The van der Waals surface area contributed by atoms with E-state index in [1.54, 1.807) is 11.0 Å². The summed E-state index contributed by atoms with van der Waals surface area (Å²) in [5.41, 5.74) is 9.51. The first-order chi connectivity index (χ1) is 27.5. The van der Waals surface area contributed by atoms with Crippen LogP contribution in [-0.4, -0.2) is 108 Å². The van der Waals surface area contributed by atoms with E-state index in [4.69, 9.17) is 0 Å². The van der Waals surface area contributed by atoms with Crippen LogP contribution in [0.5, 0.6) is 0 Å². The number of carbonyl (C=O) groups excluding carboxylic acids is 4. The van der Waals surface area contributed by atoms with Crippen molar-refractivity contribution in [3.63, 3.8) is 0 Å². The minimum absolute atomic E-state index is 0.0613. The smallest absolute Gasteiger partial charge is 0.255 e. The maximum absolute atomic E-state index is 14.1. The number of nitrogens with zero attached hydrogens (tertiary/aromatic N) is 5. The molecule has 5 heterocycles. The topological polar surface area (TPSA) is 145 Å². The second kappa shape index (κ2) is 14.5. The Morgan fingerprint density at radius 1 is 0.912 bits per heavy atom. The number of fused-ring (bicyclic) bond motifs is 5. The summed E-state index contributed by atoms with van der Waals surface area (Å²) in [6, 6.07) is 18.0. The third-order valence-corrected chi connectivity index (χ3v) is 13.3. The van der Waals surface area contributed by atoms with Crippen LogP contribution in [0.15, 0.2) is 48.5 Å². The molecule has 3 fully saturated rings. The Kier molecular flexibility index (Phi) is 9.41. The van der Waals surface area contributed by atoms with E-state index >= 15 is 0 Å². The van der Waals surface area contributed by atoms with Gasteiger partial charge in [-0.05, 0) is 84.8 Å². The highest BCUT2D eigenvalue weighted by molar-refractivity contribution is 6.20. The second-order valence-corrected chi connectivity index (χ2v) is 16.9. The number of aryl methyl sites for hydroxylation is 1. The number of H-pyrrole nitrogens is 1. The molecule has 3 saturated heterocycles. The second-order valence-electron chi connectivity index (χ2n) is 16.9. The number of benzene rings is 3. The van der Waals surface area contributed by atoms with Crippen molar-refractivity contribution in [2.45, 2.75) is 76.9 Å². The largest absolute Gasteiger partial charge is 0.384 e. The summed E-state index contributed by atoms with van der Waals surface area (Å²) in [6.07, 6.45) is 3.69. The van der Waals surface area contributed by atoms with Crippen molar-refractivity contribution in [1.29, 1.82) is 5.26 Å². The molecule has 0 spiro atoms. The Hall–Kier alpha value is -5.51. The minimum Gasteiger partial charge on any atom is -0.384 e. The van der Waals surface area contributed by atoms with Crippen LogP contribution < -0.4 is 15.5 Å². The number of carbonyl (C=O) groups is 4. The molecule has 0 saturated carbocycles. The van der Waals surface area contributed by atoms with Gasteiger partial charge in [0.2, 0.25) is 11.8 Å². The summed E-state index contributed by atoms with van der Waals surface area (Å²) in [7, 11) is 0. The lowest BCUT2D eigenvalue weighted by atomic mass is 9.70. The number of nitrogens with one attached hydrogen (secondary N) is 3. The number of piperazine rings is 1. The zero-order chi connectivity index (χ0) is 39.6. The molecule has 57 heavy (non-hydrogen) atoms. The number of ketones is 1. The third kappa shape index (κ3) is 6.47. The predicted octanol–water partition coefficient (Wildman–Crippen LogP) is 4.93. The molecular formula is C45H50N8O4. The van der Waals surface area contributed by atoms with E-state index in [0.717, 1.165) is 116 Å². The van der Waals surface area contributed by atoms with E-state index < -0.39 is 11.5 Å². The van der Waals surface area contributed by atoms with Crippen LogP contribution in [0.25, 0.3) is 10.9 Å². The van der Waals surface area contributed by atoms with Gasteiger partial charge in [0.15, 0.2) is 5.78 Å². The third-order valence-electron chi connectivity index (χ3n) is 13.3. The average molecular weight is 767 g/mol. The van der Waals surface area contributed by atoms with Gasteiger partial charge in [0, 0.05) is 116 Å². The van der Waals surface area contributed by atoms with Gasteiger partial charge in [-0.15, -0.1) is 0 Å². The Morgan fingerprint density at radius 2 is 1.70 bits per heavy atom. The van der Waals surface area contributed by atoms with Crippen LogP contribution in [0.4, 0.5) is 11.4 Å². The molecule has 12 heteroatoms. The van der Waals surface area contributed by atoms with E-state index in [2.05, 4.69) is 69.3 Å². The lowest BCUT2D eigenvalue weighted by Crippen LogP contribution is -2.53. The standard InChI is InChI=1S/C45H50N8O4/c1-4-28-23-34-35(45(2,3)42-40(41(34)55)33-7-5-27(25-46)21-36(33)48-42)24-38(28)52-14-11-31(12-15-52)51-19-17-50(18-20-51)16-13-47-30-6-8-32-29(22-30)26-53(44(32)57)37-9-10-39(54)49-43(37)56/h5-8,21-24,31,37,47-48H,4,9-20,26H2,1-3H3,(H,49,54,56). The Morgan fingerprint density at radius 3 is 2.44 bits per heavy atom. The molecule has 4 aliphatic heterocycles. The zero-order valence-corrected chi connectivity index (χ0v) is 33.0. The SMILES string of the molecule is CCc1cc2c(cc1N1CCC(N3CCN(CCNc4ccc5c(c4)CN(C4CCC(=O)NC4=O)C5=O)CC3)CC1)C(C)(C)c1[nH]c3cc(C#N)ccc3c1C2=O. The molecule has 3 N–H and O–H groups in total. The number of hydrogen-bond acceptors (Lipinski definition) is 9. The summed E-state index contributed by atoms with van der Waals surface area (Å²) < 4.78 is 0. The molecule has 3 aromatic carbocycles. The number of hydrogen-bond donors (Lipinski definition) is 3. The lowest BCUT2D eigenvalue weighted by molar-refractivity contribution is -0.136. The summed E-state index contributed by atoms with van der Waals surface area (Å²) >= 11 is 0. The van der Waals surface area contributed by atoms with Crippen molar-refractivity contribution >= 4 is 45.8 Å². The molecule has 0 bridgehead atoms. The highest BCUT2D eigenvalue weighted by atomic mass is 16.2. The monoisotopic (exact) mass is 766 g/mol. The van der Waals surface area contributed by atoms with Gasteiger partial charge in [0.05, 0.1) is 17.2 Å². The fourth-order valence-corrected chi connectivity index (χ4v) is 10.0. The minimum atomic E-state index is -0.604. The maximum Gasteiger partial charge on any atom is 0.255 e. The first kappa shape index (κ1) is 37.1. The van der Waals surface area contributed by atoms with Crippen LogP contribution in [0.3, 0.4) is 0 Å². The average Bonchev–Trinajstić information content (AvgIpc) is 3.77. The number of rotatable bonds is 8. The number of imide groups is 1. The summed E-state index contributed by atoms with van der Waals surface area (Å²) in [4.78, 5) is 64.1. The van der Waals surface area contributed by atoms with Crippen LogP contribution >= 0.6 is 0 Å². The van der Waals surface area contributed by atoms with E-state index in [9.17, 15) is 24.4 Å². The predicted molar refractivity (Wildman–Crippen MR) is 219 cm³/mol. The highest BCUT2D eigenvalue weighted by Gasteiger charge is 2.42. The Bertz CT molecular complexity index is 2360. The molecule has 0 radical (unpaired) electrons. The van der Waals surface area contributed by atoms with Crippen molar-refractivity contribution < 1.29 is 19.2 Å². The van der Waals surface area contributed by atoms with Gasteiger partial charge < -0.3 is 20.1 Å². The number of anilines is 2. The quantitative estimate of drug-likeness (QED) is 0.213. The molecule has 294 valence electrons. The van der Waals surface area contributed by atoms with E-state index in [1.807, 2.05) is 30.3 Å². The maximum atomic E-state index is 14.1. The van der Waals surface area contributed by atoms with Gasteiger partial charge >= 0.3 is 0 Å². The van der Waals surface area contributed by atoms with Crippen LogP contribution in [0, 0.1) is 11.3 Å². The Labute approximate surface area is 333 Å². The fraction of sp³-hybridized carbons (Fsp3) is 0.444. The number of nitriles is 1. The molecule has 4 aromatic rings. The van der Waals surface area contributed by atoms with E-state index in [0.29, 0.717) is 30.1 Å². The number of aromatic nitrogens is 1. The van der Waals surface area contributed by atoms with Gasteiger partial charge in [-0.2, -0.15) is 5.26 Å². The lowest BCUT2D eigenvalue weighted by Gasteiger charge is -2.44. The zero-order valence-electron chi connectivity index (χ0n) is 33.0. The number of piperidine rings is 2. The summed E-state index contributed by atoms with van der Waals surface area (Å²) in [6.45, 7) is 14.8. The van der Waals surface area contributed by atoms with Crippen molar-refractivity contribution in [1.82, 2.24) is 25.0 Å². The van der Waals surface area contributed by atoms with Gasteiger partial charge in [0.25, 0.3) is 5.91 Å². The highest BCUT2D eigenvalue weighted by Crippen LogP contribution is 2.46. The molecule has 9 rings (SSSR count). The molecule has 1 unspecified atom stereocenters. The normalized spacial score (nSPS) is 21.3. The van der Waals surface area contributed by atoms with Crippen LogP contribution in [0.1, 0.15) is 101 Å².